The molecule has 8 nitrogen and oxygen atoms in total. The van der Waals surface area contributed by atoms with Crippen molar-refractivity contribution in [1.82, 2.24) is 20.9 Å². The molecule has 3 aromatic rings. The van der Waals surface area contributed by atoms with E-state index in [0.29, 0.717) is 12.2 Å². The van der Waals surface area contributed by atoms with E-state index in [1.807, 2.05) is 118 Å². The van der Waals surface area contributed by atoms with Crippen LogP contribution in [0.25, 0.3) is 6.08 Å². The zero-order valence-corrected chi connectivity index (χ0v) is 24.6. The molecule has 0 aliphatic carbocycles. The second kappa shape index (κ2) is 14.5. The van der Waals surface area contributed by atoms with Crippen molar-refractivity contribution in [3.63, 3.8) is 0 Å². The molecule has 0 aromatic heterocycles. The molecule has 0 fully saturated rings. The summed E-state index contributed by atoms with van der Waals surface area (Å²) in [5, 5.41) is 8.74. The number of rotatable bonds is 8. The highest BCUT2D eigenvalue weighted by Crippen LogP contribution is 2.21. The number of fused-ring (bicyclic) bond motifs is 10. The number of carbonyl (C=O) groups excluding carboxylic acids is 3. The first-order valence-electron chi connectivity index (χ1n) is 14.3. The van der Waals surface area contributed by atoms with Crippen LogP contribution in [0, 0.1) is 5.92 Å². The number of nitrogens with one attached hydrogen (secondary N) is 3. The van der Waals surface area contributed by atoms with Crippen molar-refractivity contribution < 1.29 is 19.1 Å². The minimum absolute atomic E-state index is 0.151. The van der Waals surface area contributed by atoms with E-state index in [9.17, 15) is 14.4 Å². The van der Waals surface area contributed by atoms with Gasteiger partial charge in [0.05, 0.1) is 6.04 Å². The van der Waals surface area contributed by atoms with Crippen LogP contribution in [0.15, 0.2) is 91.1 Å². The summed E-state index contributed by atoms with van der Waals surface area (Å²) in [6.45, 7) is 3.89. The molecular formula is C34H40N4O4. The third kappa shape index (κ3) is 8.30. The van der Waals surface area contributed by atoms with Crippen LogP contribution in [-0.4, -0.2) is 60.9 Å². The van der Waals surface area contributed by atoms with Crippen molar-refractivity contribution >= 4 is 23.8 Å². The smallest absolute Gasteiger partial charge is 0.247 e. The van der Waals surface area contributed by atoms with Crippen LogP contribution in [0.1, 0.15) is 30.5 Å². The lowest BCUT2D eigenvalue weighted by Crippen LogP contribution is -2.62. The van der Waals surface area contributed by atoms with E-state index in [-0.39, 0.29) is 24.2 Å². The quantitative estimate of drug-likeness (QED) is 0.386. The molecule has 0 saturated heterocycles. The predicted octanol–water partition coefficient (Wildman–Crippen LogP) is 3.58. The van der Waals surface area contributed by atoms with Gasteiger partial charge in [-0.2, -0.15) is 0 Å². The van der Waals surface area contributed by atoms with Gasteiger partial charge in [-0.3, -0.25) is 19.3 Å². The molecule has 0 radical (unpaired) electrons. The molecule has 8 heteroatoms. The van der Waals surface area contributed by atoms with Gasteiger partial charge in [-0.1, -0.05) is 86.6 Å². The van der Waals surface area contributed by atoms with Gasteiger partial charge in [0.1, 0.15) is 23.9 Å². The van der Waals surface area contributed by atoms with E-state index in [2.05, 4.69) is 16.0 Å². The van der Waals surface area contributed by atoms with Crippen LogP contribution in [0.4, 0.5) is 0 Å². The minimum atomic E-state index is -1.07. The van der Waals surface area contributed by atoms with E-state index in [0.717, 1.165) is 16.7 Å². The third-order valence-corrected chi connectivity index (χ3v) is 7.33. The number of likely N-dealkylation sites (N-methyl/N-ethyl adjacent to an activating group) is 1. The summed E-state index contributed by atoms with van der Waals surface area (Å²) in [6, 6.07) is 24.1. The summed E-state index contributed by atoms with van der Waals surface area (Å²) < 4.78 is 6.38. The molecule has 2 aliphatic rings. The van der Waals surface area contributed by atoms with Gasteiger partial charge in [0.2, 0.25) is 17.7 Å². The van der Waals surface area contributed by atoms with Gasteiger partial charge in [0, 0.05) is 12.6 Å². The number of amides is 3. The largest absolute Gasteiger partial charge is 0.487 e. The van der Waals surface area contributed by atoms with Crippen molar-refractivity contribution in [2.75, 3.05) is 14.1 Å². The van der Waals surface area contributed by atoms with E-state index in [1.165, 1.54) is 0 Å². The van der Waals surface area contributed by atoms with Gasteiger partial charge >= 0.3 is 0 Å². The number of carbonyl (C=O) groups is 3. The number of hydrogen-bond donors (Lipinski definition) is 3. The molecular weight excluding hydrogens is 528 g/mol. The Kier molecular flexibility index (Phi) is 10.5. The Morgan fingerprint density at radius 2 is 1.50 bits per heavy atom. The molecule has 220 valence electrons. The lowest BCUT2D eigenvalue weighted by molar-refractivity contribution is -0.136. The first-order chi connectivity index (χ1) is 20.2. The Labute approximate surface area is 248 Å². The number of ether oxygens (including phenoxy) is 1. The second-order valence-corrected chi connectivity index (χ2v) is 11.1. The summed E-state index contributed by atoms with van der Waals surface area (Å²) in [4.78, 5) is 43.1. The van der Waals surface area contributed by atoms with Gasteiger partial charge < -0.3 is 20.7 Å². The van der Waals surface area contributed by atoms with Crippen molar-refractivity contribution in [3.8, 4) is 5.75 Å². The molecule has 3 aromatic carbocycles. The van der Waals surface area contributed by atoms with Crippen molar-refractivity contribution in [2.24, 2.45) is 5.92 Å². The predicted molar refractivity (Wildman–Crippen MR) is 165 cm³/mol. The van der Waals surface area contributed by atoms with Crippen molar-refractivity contribution in [1.29, 1.82) is 0 Å². The molecule has 2 aliphatic heterocycles. The number of benzene rings is 3. The van der Waals surface area contributed by atoms with Crippen LogP contribution in [0.2, 0.25) is 0 Å². The number of hydrogen-bond acceptors (Lipinski definition) is 5. The van der Waals surface area contributed by atoms with Crippen LogP contribution < -0.4 is 20.7 Å². The summed E-state index contributed by atoms with van der Waals surface area (Å²) in [6.07, 6.45) is 3.39. The van der Waals surface area contributed by atoms with Gasteiger partial charge in [-0.25, -0.2) is 0 Å². The molecule has 2 bridgehead atoms. The van der Waals surface area contributed by atoms with Gasteiger partial charge in [-0.15, -0.1) is 0 Å². The monoisotopic (exact) mass is 568 g/mol. The van der Waals surface area contributed by atoms with Gasteiger partial charge in [0.25, 0.3) is 0 Å². The number of nitrogens with zero attached hydrogens (tertiary/aromatic N) is 1. The lowest BCUT2D eigenvalue weighted by atomic mass is 9.96. The molecule has 0 unspecified atom stereocenters. The lowest BCUT2D eigenvalue weighted by Gasteiger charge is -2.33. The summed E-state index contributed by atoms with van der Waals surface area (Å²) in [5.41, 5.74) is 2.78. The fourth-order valence-corrected chi connectivity index (χ4v) is 4.94. The van der Waals surface area contributed by atoms with Crippen LogP contribution in [0.5, 0.6) is 5.75 Å². The summed E-state index contributed by atoms with van der Waals surface area (Å²) in [7, 11) is 3.68. The zero-order chi connectivity index (χ0) is 30.1. The van der Waals surface area contributed by atoms with Crippen molar-refractivity contribution in [3.05, 3.63) is 108 Å². The minimum Gasteiger partial charge on any atom is -0.487 e. The van der Waals surface area contributed by atoms with Crippen LogP contribution in [-0.2, 0) is 27.2 Å². The van der Waals surface area contributed by atoms with E-state index in [1.54, 1.807) is 12.3 Å². The molecule has 2 heterocycles. The standard InChI is InChI=1S/C34H40N4O4/c1-23(2)31-30(37-33(40)29(38(3)4)22-26-13-9-6-10-14-26)34(41)36-28(21-25-11-7-5-8-12-25)32(39)35-20-19-24-15-17-27(42-31)18-16-24/h5-20,23,28-31H,21-22H2,1-4H3,(H,35,39)(H,36,41)(H,37,40)/b20-19-/t28-,29+,30+,31+/m1/s1. The average Bonchev–Trinajstić information content (AvgIpc) is 2.98. The molecule has 0 saturated carbocycles. The SMILES string of the molecule is CC(C)[C@@H]1Oc2ccc(cc2)/C=C\NC(=O)[C@@H](Cc2ccccc2)NC(=O)[C@H]1NC(=O)[C@H](Cc1ccccc1)N(C)C. The van der Waals surface area contributed by atoms with Gasteiger partial charge in [0.15, 0.2) is 0 Å². The third-order valence-electron chi connectivity index (χ3n) is 7.33. The molecule has 4 atom stereocenters. The first kappa shape index (κ1) is 30.5. The van der Waals surface area contributed by atoms with E-state index < -0.39 is 30.1 Å². The van der Waals surface area contributed by atoms with Crippen LogP contribution in [0.3, 0.4) is 0 Å². The Morgan fingerprint density at radius 1 is 0.881 bits per heavy atom. The normalized spacial score (nSPS) is 20.7. The fraction of sp³-hybridized carbons (Fsp3) is 0.324. The van der Waals surface area contributed by atoms with E-state index in [4.69, 9.17) is 4.74 Å². The average molecular weight is 569 g/mol. The molecule has 42 heavy (non-hydrogen) atoms. The van der Waals surface area contributed by atoms with E-state index >= 15 is 0 Å². The highest BCUT2D eigenvalue weighted by Gasteiger charge is 2.37. The fourth-order valence-electron chi connectivity index (χ4n) is 4.94. The highest BCUT2D eigenvalue weighted by atomic mass is 16.5. The maximum absolute atomic E-state index is 14.1. The Morgan fingerprint density at radius 3 is 2.10 bits per heavy atom. The molecule has 3 amide bonds. The van der Waals surface area contributed by atoms with Crippen molar-refractivity contribution in [2.45, 2.75) is 50.9 Å². The molecule has 3 N–H and O–H groups in total. The van der Waals surface area contributed by atoms with Gasteiger partial charge in [-0.05, 0) is 61.3 Å². The second-order valence-electron chi connectivity index (χ2n) is 11.1. The Balaban J connectivity index is 1.69. The molecule has 0 spiro atoms. The maximum Gasteiger partial charge on any atom is 0.247 e. The highest BCUT2D eigenvalue weighted by molar-refractivity contribution is 5.94. The zero-order valence-electron chi connectivity index (χ0n) is 24.6. The van der Waals surface area contributed by atoms with Crippen LogP contribution >= 0.6 is 0 Å². The topological polar surface area (TPSA) is 99.8 Å². The Bertz CT molecular complexity index is 1360. The first-order valence-corrected chi connectivity index (χ1v) is 14.3. The summed E-state index contributed by atoms with van der Waals surface area (Å²) >= 11 is 0. The molecule has 5 rings (SSSR count). The maximum atomic E-state index is 14.1. The Hall–Kier alpha value is -4.43. The summed E-state index contributed by atoms with van der Waals surface area (Å²) in [5.74, 6) is -0.732.